The van der Waals surface area contributed by atoms with Gasteiger partial charge in [-0.15, -0.1) is 0 Å². The number of nitrogens with two attached hydrogens (primary N) is 2. The molecule has 0 aromatic heterocycles. The van der Waals surface area contributed by atoms with Crippen LogP contribution in [0.1, 0.15) is 41.4 Å². The average Bonchev–Trinajstić information content (AvgIpc) is 2.84. The molecule has 2 rings (SSSR count). The minimum absolute atomic E-state index is 0.0576. The Kier molecular flexibility index (Phi) is 21.9. The third kappa shape index (κ3) is 13.2. The van der Waals surface area contributed by atoms with Gasteiger partial charge in [0.1, 0.15) is 11.5 Å². The lowest BCUT2D eigenvalue weighted by Gasteiger charge is -2.12. The number of benzene rings is 2. The van der Waals surface area contributed by atoms with Crippen LogP contribution in [-0.4, -0.2) is 54.6 Å². The topological polar surface area (TPSA) is 195 Å². The second-order valence-corrected chi connectivity index (χ2v) is 16.9. The van der Waals surface area contributed by atoms with Crippen LogP contribution in [0.25, 0.3) is 0 Å². The molecular formula is C20H10Cl4I6N2O8S2. The highest BCUT2D eigenvalue weighted by atomic mass is 127. The lowest BCUT2D eigenvalue weighted by molar-refractivity contribution is -0.135. The van der Waals surface area contributed by atoms with E-state index in [0.29, 0.717) is 32.8 Å². The van der Waals surface area contributed by atoms with Crippen molar-refractivity contribution in [2.24, 2.45) is 0 Å². The first-order valence-electron chi connectivity index (χ1n) is 9.59. The fourth-order valence-electron chi connectivity index (χ4n) is 2.24. The number of carboxylic acid groups (broad SMARTS) is 2. The summed E-state index contributed by atoms with van der Waals surface area (Å²) in [6, 6.07) is 0. The van der Waals surface area contributed by atoms with E-state index >= 15 is 0 Å². The Morgan fingerprint density at radius 1 is 0.500 bits per heavy atom. The average molecular weight is 1370 g/mol. The van der Waals surface area contributed by atoms with Crippen LogP contribution in [0.5, 0.6) is 0 Å². The van der Waals surface area contributed by atoms with E-state index in [1.807, 2.05) is 136 Å². The number of carbonyl (C=O) groups excluding carboxylic acids is 4. The van der Waals surface area contributed by atoms with Crippen molar-refractivity contribution < 1.29 is 39.0 Å². The molecule has 0 aliphatic heterocycles. The predicted octanol–water partition coefficient (Wildman–Crippen LogP) is 8.22. The van der Waals surface area contributed by atoms with Gasteiger partial charge in [0.2, 0.25) is 0 Å². The molecule has 0 fully saturated rings. The summed E-state index contributed by atoms with van der Waals surface area (Å²) < 4.78 is 3.00. The molecule has 230 valence electrons. The van der Waals surface area contributed by atoms with Gasteiger partial charge < -0.3 is 21.7 Å². The maximum absolute atomic E-state index is 11.3. The predicted molar refractivity (Wildman–Crippen MR) is 219 cm³/mol. The van der Waals surface area contributed by atoms with E-state index in [1.54, 1.807) is 0 Å². The van der Waals surface area contributed by atoms with Crippen LogP contribution in [0.15, 0.2) is 0 Å². The summed E-state index contributed by atoms with van der Waals surface area (Å²) in [4.78, 5) is 64.8. The quantitative estimate of drug-likeness (QED) is 0.0619. The van der Waals surface area contributed by atoms with Crippen LogP contribution < -0.4 is 11.5 Å². The molecule has 0 aliphatic carbocycles. The van der Waals surface area contributed by atoms with Gasteiger partial charge in [-0.1, -0.05) is 21.6 Å². The maximum Gasteiger partial charge on any atom is 0.314 e. The van der Waals surface area contributed by atoms with E-state index in [0.717, 1.165) is 21.6 Å². The molecule has 6 N–H and O–H groups in total. The fraction of sp³-hybridized carbons (Fsp3) is 0.100. The molecule has 0 unspecified atom stereocenters. The lowest BCUT2D eigenvalue weighted by Crippen LogP contribution is -2.11. The van der Waals surface area contributed by atoms with Gasteiger partial charge in [0.15, 0.2) is 0 Å². The molecule has 0 radical (unpaired) electrons. The molecule has 0 atom stereocenters. The van der Waals surface area contributed by atoms with Crippen molar-refractivity contribution in [3.63, 3.8) is 0 Å². The molecule has 0 aliphatic rings. The molecule has 0 spiro atoms. The van der Waals surface area contributed by atoms with E-state index in [2.05, 4.69) is 0 Å². The first-order valence-corrected chi connectivity index (χ1v) is 20.1. The number of rotatable bonds is 9. The minimum atomic E-state index is -0.928. The first kappa shape index (κ1) is 43.9. The summed E-state index contributed by atoms with van der Waals surface area (Å²) in [6.45, 7) is 0. The molecule has 0 saturated carbocycles. The summed E-state index contributed by atoms with van der Waals surface area (Å²) in [7, 11) is 2.05. The van der Waals surface area contributed by atoms with E-state index in [-0.39, 0.29) is 33.8 Å². The van der Waals surface area contributed by atoms with E-state index in [1.165, 1.54) is 0 Å². The van der Waals surface area contributed by atoms with Crippen molar-refractivity contribution in [2.45, 2.75) is 0 Å². The van der Waals surface area contributed by atoms with Crippen LogP contribution >= 0.6 is 204 Å². The van der Waals surface area contributed by atoms with E-state index < -0.39 is 32.9 Å². The number of anilines is 2. The molecule has 10 nitrogen and oxygen atoms in total. The standard InChI is InChI=1S/2C8H2Cl2I3NO2.C4H6O4S2/c2*9-7(15)1-3(11)2(8(10)16)5(13)6(14)4(1)12;5-3(6)1-9-10-2-4(7)8/h2*14H2;1-2H2,(H,5,6)(H,7,8). The van der Waals surface area contributed by atoms with Crippen molar-refractivity contribution in [3.05, 3.63) is 43.7 Å². The molecular weight excluding hydrogens is 1360 g/mol. The third-order valence-electron chi connectivity index (χ3n) is 3.94. The number of hydrogen-bond donors (Lipinski definition) is 4. The van der Waals surface area contributed by atoms with Gasteiger partial charge in [-0.05, 0) is 182 Å². The number of nitrogen functional groups attached to an aromatic ring is 2. The summed E-state index contributed by atoms with van der Waals surface area (Å²) >= 11 is 33.2. The highest BCUT2D eigenvalue weighted by Gasteiger charge is 2.26. The number of carboxylic acids is 2. The second kappa shape index (κ2) is 21.0. The van der Waals surface area contributed by atoms with Gasteiger partial charge >= 0.3 is 11.9 Å². The van der Waals surface area contributed by atoms with Crippen molar-refractivity contribution >= 4 is 248 Å². The van der Waals surface area contributed by atoms with Crippen LogP contribution in [0.3, 0.4) is 0 Å². The third-order valence-corrected chi connectivity index (χ3v) is 13.4. The summed E-state index contributed by atoms with van der Waals surface area (Å²) in [5, 5.41) is 13.6. The minimum Gasteiger partial charge on any atom is -0.481 e. The molecule has 0 heterocycles. The maximum atomic E-state index is 11.3. The highest BCUT2D eigenvalue weighted by Crippen LogP contribution is 2.36. The monoisotopic (exact) mass is 1370 g/mol. The van der Waals surface area contributed by atoms with Crippen molar-refractivity contribution in [1.29, 1.82) is 0 Å². The SMILES string of the molecule is Nc1c(I)c(C(=O)Cl)c(I)c(C(=O)Cl)c1I.Nc1c(I)c(C(=O)Cl)c(I)c(C(=O)Cl)c1I.O=C(O)CSSCC(=O)O. The summed E-state index contributed by atoms with van der Waals surface area (Å²) in [5.74, 6) is -1.97. The van der Waals surface area contributed by atoms with Crippen LogP contribution in [-0.2, 0) is 9.59 Å². The second-order valence-electron chi connectivity index (χ2n) is 6.62. The Bertz CT molecular complexity index is 1280. The molecule has 2 aromatic rings. The lowest BCUT2D eigenvalue weighted by atomic mass is 10.1. The van der Waals surface area contributed by atoms with Crippen LogP contribution in [0.4, 0.5) is 11.4 Å². The molecule has 0 saturated heterocycles. The number of aliphatic carboxylic acids is 2. The molecule has 0 amide bonds. The number of hydrogen-bond acceptors (Lipinski definition) is 10. The van der Waals surface area contributed by atoms with E-state index in [9.17, 15) is 28.8 Å². The fourth-order valence-corrected chi connectivity index (χ4v) is 14.0. The Morgan fingerprint density at radius 2 is 0.690 bits per heavy atom. The van der Waals surface area contributed by atoms with Gasteiger partial charge in [-0.3, -0.25) is 28.8 Å². The van der Waals surface area contributed by atoms with Crippen LogP contribution in [0, 0.1) is 21.4 Å². The normalized spacial score (nSPS) is 10.0. The Morgan fingerprint density at radius 3 is 0.833 bits per heavy atom. The zero-order chi connectivity index (χ0) is 33.2. The summed E-state index contributed by atoms with van der Waals surface area (Å²) in [6.07, 6.45) is 0. The van der Waals surface area contributed by atoms with Gasteiger partial charge in [-0.25, -0.2) is 0 Å². The smallest absolute Gasteiger partial charge is 0.314 e. The highest BCUT2D eigenvalue weighted by molar-refractivity contribution is 14.1. The zero-order valence-electron chi connectivity index (χ0n) is 19.5. The largest absolute Gasteiger partial charge is 0.481 e. The number of carbonyl (C=O) groups is 6. The summed E-state index contributed by atoms with van der Waals surface area (Å²) in [5.41, 5.74) is 13.2. The Hall–Kier alpha value is 1.90. The van der Waals surface area contributed by atoms with Crippen LogP contribution in [0.2, 0.25) is 0 Å². The van der Waals surface area contributed by atoms with Gasteiger partial charge in [0, 0.05) is 7.14 Å². The van der Waals surface area contributed by atoms with Crippen molar-refractivity contribution in [2.75, 3.05) is 23.0 Å². The van der Waals surface area contributed by atoms with Gasteiger partial charge in [0.05, 0.1) is 47.9 Å². The first-order chi connectivity index (χ1) is 19.2. The Labute approximate surface area is 347 Å². The zero-order valence-corrected chi connectivity index (χ0v) is 37.1. The number of halogens is 10. The van der Waals surface area contributed by atoms with E-state index in [4.69, 9.17) is 68.1 Å². The molecule has 42 heavy (non-hydrogen) atoms. The van der Waals surface area contributed by atoms with Crippen molar-refractivity contribution in [1.82, 2.24) is 0 Å². The van der Waals surface area contributed by atoms with Gasteiger partial charge in [-0.2, -0.15) is 0 Å². The molecule has 2 aromatic carbocycles. The molecule has 22 heteroatoms. The van der Waals surface area contributed by atoms with Gasteiger partial charge in [0.25, 0.3) is 21.0 Å². The molecule has 0 bridgehead atoms. The van der Waals surface area contributed by atoms with Crippen molar-refractivity contribution in [3.8, 4) is 0 Å². The Balaban J connectivity index is 0.000000620.